The lowest BCUT2D eigenvalue weighted by Crippen LogP contribution is -2.51. The molecule has 1 saturated heterocycles. The number of nitrogens with one attached hydrogen (secondary N) is 1. The Hall–Kier alpha value is -0.650. The molecule has 112 valence electrons. The zero-order valence-electron chi connectivity index (χ0n) is 12.3. The van der Waals surface area contributed by atoms with E-state index in [2.05, 4.69) is 20.6 Å². The number of ether oxygens (including phenoxy) is 1. The molecule has 0 aromatic carbocycles. The third-order valence-electron chi connectivity index (χ3n) is 4.64. The highest BCUT2D eigenvalue weighted by Gasteiger charge is 2.28. The van der Waals surface area contributed by atoms with Gasteiger partial charge in [-0.25, -0.2) is 4.98 Å². The van der Waals surface area contributed by atoms with Crippen LogP contribution >= 0.6 is 11.3 Å². The Morgan fingerprint density at radius 1 is 1.25 bits per heavy atom. The van der Waals surface area contributed by atoms with Gasteiger partial charge >= 0.3 is 0 Å². The number of hydrogen-bond acceptors (Lipinski definition) is 5. The standard InChI is InChI=1S/C15H25N3OS/c1-19-14-5-3-2-4-13(14)17-12-6-9-18(10-7-12)15-16-8-11-20-15/h8,11-14,17H,2-7,9-10H2,1H3/t13-,14-/m1/s1. The summed E-state index contributed by atoms with van der Waals surface area (Å²) in [6.07, 6.45) is 9.89. The molecule has 4 nitrogen and oxygen atoms in total. The molecular weight excluding hydrogens is 270 g/mol. The van der Waals surface area contributed by atoms with Crippen molar-refractivity contribution in [2.45, 2.75) is 56.7 Å². The first-order valence-corrected chi connectivity index (χ1v) is 8.68. The van der Waals surface area contributed by atoms with Gasteiger partial charge in [-0.1, -0.05) is 12.8 Å². The fraction of sp³-hybridized carbons (Fsp3) is 0.800. The van der Waals surface area contributed by atoms with Crippen LogP contribution in [0.2, 0.25) is 0 Å². The Labute approximate surface area is 125 Å². The molecule has 2 atom stereocenters. The topological polar surface area (TPSA) is 37.4 Å². The zero-order valence-corrected chi connectivity index (χ0v) is 13.1. The predicted molar refractivity (Wildman–Crippen MR) is 83.5 cm³/mol. The summed E-state index contributed by atoms with van der Waals surface area (Å²) in [4.78, 5) is 6.82. The van der Waals surface area contributed by atoms with Gasteiger partial charge < -0.3 is 15.0 Å². The van der Waals surface area contributed by atoms with Crippen molar-refractivity contribution in [1.82, 2.24) is 10.3 Å². The second-order valence-corrected chi connectivity index (χ2v) is 6.78. The molecule has 1 saturated carbocycles. The van der Waals surface area contributed by atoms with Gasteiger partial charge in [-0.05, 0) is 25.7 Å². The van der Waals surface area contributed by atoms with Crippen LogP contribution in [0.25, 0.3) is 0 Å². The number of rotatable bonds is 4. The average molecular weight is 295 g/mol. The van der Waals surface area contributed by atoms with Gasteiger partial charge in [-0.2, -0.15) is 0 Å². The summed E-state index contributed by atoms with van der Waals surface area (Å²) in [6.45, 7) is 2.24. The summed E-state index contributed by atoms with van der Waals surface area (Å²) < 4.78 is 5.64. The number of nitrogens with zero attached hydrogens (tertiary/aromatic N) is 2. The van der Waals surface area contributed by atoms with Crippen LogP contribution in [-0.2, 0) is 4.74 Å². The van der Waals surface area contributed by atoms with Gasteiger partial charge in [-0.15, -0.1) is 11.3 Å². The van der Waals surface area contributed by atoms with Crippen molar-refractivity contribution in [3.8, 4) is 0 Å². The summed E-state index contributed by atoms with van der Waals surface area (Å²) in [5, 5.41) is 7.09. The quantitative estimate of drug-likeness (QED) is 0.926. The van der Waals surface area contributed by atoms with Crippen molar-refractivity contribution in [2.75, 3.05) is 25.1 Å². The number of thiazole rings is 1. The van der Waals surface area contributed by atoms with Crippen molar-refractivity contribution in [1.29, 1.82) is 0 Å². The van der Waals surface area contributed by atoms with Gasteiger partial charge in [0, 0.05) is 43.9 Å². The third-order valence-corrected chi connectivity index (χ3v) is 5.47. The highest BCUT2D eigenvalue weighted by Crippen LogP contribution is 2.25. The minimum atomic E-state index is 0.417. The van der Waals surface area contributed by atoms with Crippen LogP contribution in [-0.4, -0.2) is 43.4 Å². The Morgan fingerprint density at radius 2 is 2.05 bits per heavy atom. The number of hydrogen-bond donors (Lipinski definition) is 1. The molecule has 0 amide bonds. The molecule has 1 aliphatic carbocycles. The first kappa shape index (κ1) is 14.3. The van der Waals surface area contributed by atoms with Gasteiger partial charge in [0.05, 0.1) is 6.10 Å². The zero-order chi connectivity index (χ0) is 13.8. The van der Waals surface area contributed by atoms with E-state index in [1.165, 1.54) is 43.7 Å². The normalized spacial score (nSPS) is 28.8. The Kier molecular flexibility index (Phi) is 4.91. The largest absolute Gasteiger partial charge is 0.380 e. The van der Waals surface area contributed by atoms with Gasteiger partial charge in [0.2, 0.25) is 0 Å². The first-order valence-electron chi connectivity index (χ1n) is 7.80. The van der Waals surface area contributed by atoms with E-state index >= 15 is 0 Å². The van der Waals surface area contributed by atoms with E-state index in [0.29, 0.717) is 18.2 Å². The van der Waals surface area contributed by atoms with Crippen molar-refractivity contribution in [3.63, 3.8) is 0 Å². The Morgan fingerprint density at radius 3 is 2.75 bits per heavy atom. The molecule has 5 heteroatoms. The Bertz CT molecular complexity index is 390. The van der Waals surface area contributed by atoms with Crippen LogP contribution in [0.3, 0.4) is 0 Å². The summed E-state index contributed by atoms with van der Waals surface area (Å²) in [7, 11) is 1.86. The molecular formula is C15H25N3OS. The predicted octanol–water partition coefficient (Wildman–Crippen LogP) is 2.66. The maximum Gasteiger partial charge on any atom is 0.185 e. The molecule has 1 aromatic rings. The fourth-order valence-corrected chi connectivity index (χ4v) is 4.18. The van der Waals surface area contributed by atoms with Crippen molar-refractivity contribution in [3.05, 3.63) is 11.6 Å². The second kappa shape index (κ2) is 6.87. The van der Waals surface area contributed by atoms with Crippen molar-refractivity contribution < 1.29 is 4.74 Å². The van der Waals surface area contributed by atoms with Crippen LogP contribution in [0, 0.1) is 0 Å². The van der Waals surface area contributed by atoms with Crippen LogP contribution in [0.1, 0.15) is 38.5 Å². The third kappa shape index (κ3) is 3.32. The smallest absolute Gasteiger partial charge is 0.185 e. The molecule has 2 heterocycles. The second-order valence-electron chi connectivity index (χ2n) is 5.91. The molecule has 2 aliphatic rings. The molecule has 2 fully saturated rings. The first-order chi connectivity index (χ1) is 9.86. The van der Waals surface area contributed by atoms with Gasteiger partial charge in [0.15, 0.2) is 5.13 Å². The maximum absolute atomic E-state index is 5.64. The fourth-order valence-electron chi connectivity index (χ4n) is 3.48. The average Bonchev–Trinajstić information content (AvgIpc) is 3.03. The van der Waals surface area contributed by atoms with Crippen molar-refractivity contribution >= 4 is 16.5 Å². The summed E-state index contributed by atoms with van der Waals surface area (Å²) >= 11 is 1.74. The van der Waals surface area contributed by atoms with E-state index in [1.807, 2.05) is 13.3 Å². The van der Waals surface area contributed by atoms with Gasteiger partial charge in [0.1, 0.15) is 0 Å². The molecule has 1 aromatic heterocycles. The highest BCUT2D eigenvalue weighted by molar-refractivity contribution is 7.13. The van der Waals surface area contributed by atoms with Crippen molar-refractivity contribution in [2.24, 2.45) is 0 Å². The number of anilines is 1. The number of piperidine rings is 1. The molecule has 0 bridgehead atoms. The maximum atomic E-state index is 5.64. The van der Waals surface area contributed by atoms with E-state index in [9.17, 15) is 0 Å². The van der Waals surface area contributed by atoms with Gasteiger partial charge in [-0.3, -0.25) is 0 Å². The summed E-state index contributed by atoms with van der Waals surface area (Å²) in [6, 6.07) is 1.21. The molecule has 0 radical (unpaired) electrons. The summed E-state index contributed by atoms with van der Waals surface area (Å²) in [5.41, 5.74) is 0. The molecule has 20 heavy (non-hydrogen) atoms. The monoisotopic (exact) mass is 295 g/mol. The minimum absolute atomic E-state index is 0.417. The number of methoxy groups -OCH3 is 1. The molecule has 1 N–H and O–H groups in total. The van der Waals surface area contributed by atoms with Crippen LogP contribution in [0.4, 0.5) is 5.13 Å². The SMILES string of the molecule is CO[C@@H]1CCCC[C@H]1NC1CCN(c2nccs2)CC1. The van der Waals surface area contributed by atoms with Crippen LogP contribution in [0.15, 0.2) is 11.6 Å². The van der Waals surface area contributed by atoms with Crippen LogP contribution in [0.5, 0.6) is 0 Å². The summed E-state index contributed by atoms with van der Waals surface area (Å²) in [5.74, 6) is 0. The molecule has 1 aliphatic heterocycles. The van der Waals surface area contributed by atoms with E-state index in [-0.39, 0.29) is 0 Å². The van der Waals surface area contributed by atoms with E-state index in [0.717, 1.165) is 13.1 Å². The molecule has 3 rings (SSSR count). The van der Waals surface area contributed by atoms with Gasteiger partial charge in [0.25, 0.3) is 0 Å². The Balaban J connectivity index is 1.48. The van der Waals surface area contributed by atoms with E-state index < -0.39 is 0 Å². The highest BCUT2D eigenvalue weighted by atomic mass is 32.1. The lowest BCUT2D eigenvalue weighted by atomic mass is 9.91. The molecule has 0 spiro atoms. The van der Waals surface area contributed by atoms with E-state index in [1.54, 1.807) is 11.3 Å². The van der Waals surface area contributed by atoms with Crippen LogP contribution < -0.4 is 10.2 Å². The minimum Gasteiger partial charge on any atom is -0.380 e. The lowest BCUT2D eigenvalue weighted by molar-refractivity contribution is 0.0365. The lowest BCUT2D eigenvalue weighted by Gasteiger charge is -2.38. The van der Waals surface area contributed by atoms with E-state index in [4.69, 9.17) is 4.74 Å². The molecule has 0 unspecified atom stereocenters. The number of aromatic nitrogens is 1.